The topological polar surface area (TPSA) is 117 Å². The largest absolute Gasteiger partial charge is 0.340 e. The van der Waals surface area contributed by atoms with Gasteiger partial charge >= 0.3 is 11.7 Å². The number of aryl methyl sites for hydroxylation is 2. The van der Waals surface area contributed by atoms with E-state index in [9.17, 15) is 19.3 Å². The first-order valence-electron chi connectivity index (χ1n) is 7.24. The average molecular weight is 346 g/mol. The minimum Gasteiger partial charge on any atom is -0.336 e. The van der Waals surface area contributed by atoms with Crippen molar-refractivity contribution in [1.29, 1.82) is 0 Å². The van der Waals surface area contributed by atoms with Crippen LogP contribution >= 0.6 is 11.6 Å². The van der Waals surface area contributed by atoms with Gasteiger partial charge in [0, 0.05) is 30.7 Å². The van der Waals surface area contributed by atoms with Crippen LogP contribution in [-0.4, -0.2) is 39.6 Å². The van der Waals surface area contributed by atoms with Gasteiger partial charge in [0.1, 0.15) is 0 Å². The lowest BCUT2D eigenvalue weighted by Crippen LogP contribution is -2.37. The number of rotatable bonds is 9. The number of aromatic nitrogens is 2. The van der Waals surface area contributed by atoms with Gasteiger partial charge in [-0.25, -0.2) is 9.59 Å². The van der Waals surface area contributed by atoms with E-state index in [4.69, 9.17) is 11.6 Å². The minimum absolute atomic E-state index is 0.0609. The summed E-state index contributed by atoms with van der Waals surface area (Å²) in [6.45, 7) is 2.58. The molecule has 0 atom stereocenters. The summed E-state index contributed by atoms with van der Waals surface area (Å²) in [5.41, 5.74) is -0.320. The molecule has 23 heavy (non-hydrogen) atoms. The zero-order valence-corrected chi connectivity index (χ0v) is 13.6. The summed E-state index contributed by atoms with van der Waals surface area (Å²) in [7, 11) is 0. The Morgan fingerprint density at radius 2 is 2.13 bits per heavy atom. The minimum atomic E-state index is -0.576. The normalized spacial score (nSPS) is 10.3. The number of nitrogens with zero attached hydrogens (tertiary/aromatic N) is 3. The predicted molar refractivity (Wildman–Crippen MR) is 86.5 cm³/mol. The van der Waals surface area contributed by atoms with Gasteiger partial charge in [-0.1, -0.05) is 0 Å². The van der Waals surface area contributed by atoms with Crippen LogP contribution in [-0.2, 0) is 6.54 Å². The van der Waals surface area contributed by atoms with E-state index >= 15 is 0 Å². The molecule has 2 N–H and O–H groups in total. The SMILES string of the molecule is Cc1cn(CCCCCNC(=O)N(CCCl)N=O)c(=O)[nH]c1=O. The number of halogens is 1. The second-order valence-corrected chi connectivity index (χ2v) is 5.33. The third-order valence-corrected chi connectivity index (χ3v) is 3.34. The summed E-state index contributed by atoms with van der Waals surface area (Å²) in [6, 6.07) is -0.576. The van der Waals surface area contributed by atoms with Crippen LogP contribution in [0.25, 0.3) is 0 Å². The second kappa shape index (κ2) is 9.78. The number of aromatic amines is 1. The van der Waals surface area contributed by atoms with E-state index < -0.39 is 11.7 Å². The van der Waals surface area contributed by atoms with E-state index in [1.54, 1.807) is 6.92 Å². The Morgan fingerprint density at radius 3 is 2.78 bits per heavy atom. The number of urea groups is 1. The number of nitrogens with one attached hydrogen (secondary N) is 2. The first kappa shape index (κ1) is 18.9. The van der Waals surface area contributed by atoms with Crippen molar-refractivity contribution < 1.29 is 4.79 Å². The maximum Gasteiger partial charge on any atom is 0.340 e. The molecule has 0 unspecified atom stereocenters. The third kappa shape index (κ3) is 6.23. The molecule has 1 aromatic rings. The van der Waals surface area contributed by atoms with Crippen molar-refractivity contribution in [3.63, 3.8) is 0 Å². The van der Waals surface area contributed by atoms with Crippen LogP contribution in [0.15, 0.2) is 21.1 Å². The van der Waals surface area contributed by atoms with Gasteiger partial charge in [-0.05, 0) is 26.2 Å². The van der Waals surface area contributed by atoms with Crippen LogP contribution in [0.4, 0.5) is 4.79 Å². The summed E-state index contributed by atoms with van der Waals surface area (Å²) in [5.74, 6) is 0.131. The second-order valence-electron chi connectivity index (χ2n) is 4.95. The van der Waals surface area contributed by atoms with Crippen LogP contribution in [0.5, 0.6) is 0 Å². The number of alkyl halides is 1. The zero-order chi connectivity index (χ0) is 17.2. The molecule has 9 nitrogen and oxygen atoms in total. The molecule has 0 bridgehead atoms. The fourth-order valence-electron chi connectivity index (χ4n) is 1.91. The van der Waals surface area contributed by atoms with Crippen molar-refractivity contribution in [2.24, 2.45) is 5.29 Å². The molecule has 0 aliphatic heterocycles. The van der Waals surface area contributed by atoms with E-state index in [1.165, 1.54) is 10.8 Å². The highest BCUT2D eigenvalue weighted by Crippen LogP contribution is 1.98. The Balaban J connectivity index is 2.27. The first-order valence-corrected chi connectivity index (χ1v) is 7.78. The molecule has 0 aromatic carbocycles. The third-order valence-electron chi connectivity index (χ3n) is 3.17. The quantitative estimate of drug-likeness (QED) is 0.300. The molecule has 1 aromatic heterocycles. The summed E-state index contributed by atoms with van der Waals surface area (Å²) >= 11 is 5.44. The number of nitroso groups, excluding NO2 is 1. The highest BCUT2D eigenvalue weighted by Gasteiger charge is 2.11. The van der Waals surface area contributed by atoms with Crippen LogP contribution in [0.3, 0.4) is 0 Å². The van der Waals surface area contributed by atoms with Gasteiger partial charge in [0.25, 0.3) is 5.56 Å². The average Bonchev–Trinajstić information content (AvgIpc) is 2.52. The van der Waals surface area contributed by atoms with Crippen molar-refractivity contribution in [2.45, 2.75) is 32.7 Å². The molecule has 0 fully saturated rings. The van der Waals surface area contributed by atoms with E-state index in [1.807, 2.05) is 0 Å². The number of carbonyl (C=O) groups is 1. The van der Waals surface area contributed by atoms with Crippen LogP contribution < -0.4 is 16.6 Å². The monoisotopic (exact) mass is 345 g/mol. The molecule has 0 aliphatic carbocycles. The predicted octanol–water partition coefficient (Wildman–Crippen LogP) is 0.947. The van der Waals surface area contributed by atoms with Gasteiger partial charge in [0.15, 0.2) is 0 Å². The summed E-state index contributed by atoms with van der Waals surface area (Å²) in [6.07, 6.45) is 3.71. The van der Waals surface area contributed by atoms with Crippen molar-refractivity contribution in [3.05, 3.63) is 37.5 Å². The highest BCUT2D eigenvalue weighted by molar-refractivity contribution is 6.18. The molecule has 2 amide bonds. The van der Waals surface area contributed by atoms with Gasteiger partial charge in [-0.2, -0.15) is 5.01 Å². The number of H-pyrrole nitrogens is 1. The molecule has 0 saturated heterocycles. The molecule has 128 valence electrons. The number of amides is 2. The standard InChI is InChI=1S/C13H20ClN5O4/c1-10-9-18(13(22)16-11(10)20)7-4-2-3-6-15-12(21)19(17-23)8-5-14/h9H,2-8H2,1H3,(H,15,21)(H,16,20,22). The van der Waals surface area contributed by atoms with Crippen molar-refractivity contribution in [3.8, 4) is 0 Å². The van der Waals surface area contributed by atoms with Gasteiger partial charge in [-0.3, -0.25) is 9.78 Å². The van der Waals surface area contributed by atoms with Crippen molar-refractivity contribution in [2.75, 3.05) is 19.0 Å². The Bertz CT molecular complexity index is 642. The fourth-order valence-corrected chi connectivity index (χ4v) is 2.07. The molecule has 0 aliphatic rings. The Labute approximate surface area is 137 Å². The maximum atomic E-state index is 11.6. The number of unbranched alkanes of at least 4 members (excludes halogenated alkanes) is 2. The fraction of sp³-hybridized carbons (Fsp3) is 0.615. The zero-order valence-electron chi connectivity index (χ0n) is 12.9. The Hall–Kier alpha value is -2.16. The lowest BCUT2D eigenvalue weighted by molar-refractivity contribution is 0.202. The molecule has 0 spiro atoms. The number of hydrogen-bond donors (Lipinski definition) is 2. The van der Waals surface area contributed by atoms with Gasteiger partial charge < -0.3 is 9.88 Å². The van der Waals surface area contributed by atoms with Crippen molar-refractivity contribution in [1.82, 2.24) is 19.9 Å². The lowest BCUT2D eigenvalue weighted by atomic mass is 10.2. The van der Waals surface area contributed by atoms with E-state index in [-0.39, 0.29) is 18.0 Å². The first-order chi connectivity index (χ1) is 11.0. The smallest absolute Gasteiger partial charge is 0.336 e. The van der Waals surface area contributed by atoms with E-state index in [2.05, 4.69) is 15.6 Å². The number of hydrogen-bond acceptors (Lipinski definition) is 5. The molecule has 0 saturated carbocycles. The van der Waals surface area contributed by atoms with E-state index in [0.717, 1.165) is 17.9 Å². The van der Waals surface area contributed by atoms with E-state index in [0.29, 0.717) is 25.1 Å². The molecular formula is C13H20ClN5O4. The van der Waals surface area contributed by atoms with Crippen LogP contribution in [0.1, 0.15) is 24.8 Å². The Kier molecular flexibility index (Phi) is 8.03. The van der Waals surface area contributed by atoms with Crippen LogP contribution in [0, 0.1) is 11.8 Å². The van der Waals surface area contributed by atoms with Gasteiger partial charge in [0.05, 0.1) is 11.8 Å². The van der Waals surface area contributed by atoms with Crippen LogP contribution in [0.2, 0.25) is 0 Å². The Morgan fingerprint density at radius 1 is 1.39 bits per heavy atom. The lowest BCUT2D eigenvalue weighted by Gasteiger charge is -2.12. The summed E-state index contributed by atoms with van der Waals surface area (Å²) in [4.78, 5) is 47.0. The molecule has 1 heterocycles. The van der Waals surface area contributed by atoms with Gasteiger partial charge in [-0.15, -0.1) is 16.5 Å². The van der Waals surface area contributed by atoms with Gasteiger partial charge in [0.2, 0.25) is 0 Å². The molecule has 10 heteroatoms. The molecular weight excluding hydrogens is 326 g/mol. The summed E-state index contributed by atoms with van der Waals surface area (Å²) < 4.78 is 1.45. The maximum absolute atomic E-state index is 11.6. The highest BCUT2D eigenvalue weighted by atomic mass is 35.5. The molecule has 1 rings (SSSR count). The van der Waals surface area contributed by atoms with Crippen molar-refractivity contribution >= 4 is 17.6 Å². The summed E-state index contributed by atoms with van der Waals surface area (Å²) in [5, 5.41) is 5.87. The molecule has 0 radical (unpaired) electrons. The number of carbonyl (C=O) groups excluding carboxylic acids is 1.